The summed E-state index contributed by atoms with van der Waals surface area (Å²) in [5.41, 5.74) is 29.0. The van der Waals surface area contributed by atoms with Crippen molar-refractivity contribution in [3.8, 4) is 0 Å². The van der Waals surface area contributed by atoms with Crippen molar-refractivity contribution < 1.29 is 72.2 Å². The smallest absolute Gasteiger partial charge is 0.326 e. The Morgan fingerprint density at radius 3 is 1.68 bits per heavy atom. The molecule has 3 saturated heterocycles. The molecule has 2 aromatic rings. The Hall–Kier alpha value is -10.1. The van der Waals surface area contributed by atoms with Crippen LogP contribution in [0.3, 0.4) is 0 Å². The summed E-state index contributed by atoms with van der Waals surface area (Å²) in [6, 6.07) is -5.84. The van der Waals surface area contributed by atoms with Crippen LogP contribution in [0.5, 0.6) is 0 Å². The number of hydrogen-bond acceptors (Lipinski definition) is 19. The van der Waals surface area contributed by atoms with Crippen LogP contribution in [0, 0.1) is 5.92 Å². The summed E-state index contributed by atoms with van der Waals surface area (Å²) >= 11 is 1.24. The third kappa shape index (κ3) is 29.6. The molecule has 0 aliphatic carbocycles. The number of aromatic amines is 1. The van der Waals surface area contributed by atoms with Crippen LogP contribution in [0.2, 0.25) is 0 Å². The molecule has 0 radical (unpaired) electrons. The number of carbonyl (C=O) groups is 14. The zero-order valence-corrected chi connectivity index (χ0v) is 62.4. The number of H-pyrrole nitrogens is 1. The first-order valence-electron chi connectivity index (χ1n) is 36.5. The number of likely N-dealkylation sites (tertiary alicyclic amines) is 2. The number of benzene rings is 1. The van der Waals surface area contributed by atoms with Gasteiger partial charge in [-0.1, -0.05) is 63.9 Å². The van der Waals surface area contributed by atoms with Crippen molar-refractivity contribution in [1.82, 2.24) is 78.3 Å². The van der Waals surface area contributed by atoms with E-state index in [-0.39, 0.29) is 146 Å². The summed E-state index contributed by atoms with van der Waals surface area (Å²) in [7, 11) is 0. The quantitative estimate of drug-likeness (QED) is 0.0170. The van der Waals surface area contributed by atoms with Gasteiger partial charge in [0.15, 0.2) is 11.9 Å². The number of amides is 13. The van der Waals surface area contributed by atoms with Gasteiger partial charge in [-0.05, 0) is 121 Å². The van der Waals surface area contributed by atoms with Crippen molar-refractivity contribution in [2.24, 2.45) is 44.6 Å². The topological polar surface area (TPSA) is 582 Å². The van der Waals surface area contributed by atoms with Gasteiger partial charge < -0.3 is 107 Å². The zero-order valence-electron chi connectivity index (χ0n) is 61.6. The molecular weight excluding hydrogens is 1410 g/mol. The number of carboxylic acids is 1. The number of aromatic nitrogens is 2. The van der Waals surface area contributed by atoms with Crippen LogP contribution >= 0.6 is 11.8 Å². The molecule has 12 atom stereocenters. The molecule has 1 aromatic heterocycles. The molecule has 38 heteroatoms. The number of nitrogens with two attached hydrogens (primary N) is 5. The summed E-state index contributed by atoms with van der Waals surface area (Å²) in [5.74, 6) is -10.9. The molecule has 0 spiro atoms. The first-order chi connectivity index (χ1) is 51.0. The highest BCUT2D eigenvalue weighted by Crippen LogP contribution is 2.23. The molecule has 1 aromatic carbocycles. The van der Waals surface area contributed by atoms with Crippen molar-refractivity contribution in [3.05, 3.63) is 54.1 Å². The predicted molar refractivity (Wildman–Crippen MR) is 397 cm³/mol. The Bertz CT molecular complexity index is 3400. The third-order valence-electron chi connectivity index (χ3n) is 18.2. The second-order valence-corrected chi connectivity index (χ2v) is 28.2. The Balaban J connectivity index is 1.25. The van der Waals surface area contributed by atoms with Crippen molar-refractivity contribution in [3.63, 3.8) is 0 Å². The fourth-order valence-corrected chi connectivity index (χ4v) is 13.1. The van der Waals surface area contributed by atoms with Crippen molar-refractivity contribution in [2.75, 3.05) is 51.3 Å². The number of rotatable bonds is 46. The van der Waals surface area contributed by atoms with Crippen LogP contribution in [0.25, 0.3) is 0 Å². The predicted octanol–water partition coefficient (Wildman–Crippen LogP) is -4.13. The number of nitrogens with zero attached hydrogens (tertiary/aromatic N) is 5. The van der Waals surface area contributed by atoms with Gasteiger partial charge >= 0.3 is 5.97 Å². The Kier molecular flexibility index (Phi) is 37.1. The fourth-order valence-electron chi connectivity index (χ4n) is 12.5. The van der Waals surface area contributed by atoms with Crippen LogP contribution in [-0.2, 0) is 80.0 Å². The molecule has 592 valence electrons. The number of thioether (sulfide) groups is 1. The highest BCUT2D eigenvalue weighted by Gasteiger charge is 2.42. The van der Waals surface area contributed by atoms with E-state index in [9.17, 15) is 72.2 Å². The molecule has 37 nitrogen and oxygen atoms in total. The number of carboxylic acid groups (broad SMARTS) is 1. The number of carbonyl (C=O) groups excluding carboxylic acids is 13. The molecule has 3 aliphatic heterocycles. The number of guanidine groups is 2. The maximum Gasteiger partial charge on any atom is 0.326 e. The van der Waals surface area contributed by atoms with E-state index in [1.807, 2.05) is 6.92 Å². The first-order valence-corrected chi connectivity index (χ1v) is 37.9. The number of hydrogen-bond donors (Lipinski definition) is 18. The summed E-state index contributed by atoms with van der Waals surface area (Å²) in [6.45, 7) is 6.85. The molecular formula is C69H110N22O15S. The fraction of sp³-hybridized carbons (Fsp3) is 0.638. The van der Waals surface area contributed by atoms with Gasteiger partial charge in [0, 0.05) is 63.1 Å². The van der Waals surface area contributed by atoms with Gasteiger partial charge in [-0.15, -0.1) is 0 Å². The van der Waals surface area contributed by atoms with E-state index in [1.165, 1.54) is 41.0 Å². The summed E-state index contributed by atoms with van der Waals surface area (Å²) in [5, 5.41) is 39.3. The second-order valence-electron chi connectivity index (χ2n) is 27.2. The summed E-state index contributed by atoms with van der Waals surface area (Å²) < 4.78 is 0. The van der Waals surface area contributed by atoms with Crippen molar-refractivity contribution in [1.29, 1.82) is 0 Å². The number of aliphatic imine (C=N–C) groups is 2. The van der Waals surface area contributed by atoms with E-state index in [0.717, 1.165) is 0 Å². The standard InChI is InChI=1S/C69H110N22O15S/c1-6-7-19-44(59(97)89-51(37-107-5)63(101)88-50(67(105)106)33-41-17-9-8-10-18-41)83-64(102)52-23-15-30-90(52)55(93)36-78-57(95)43(20-11-12-27-70)82-62(100)49(34-42-35-75-38-79-42)86-56(94)40(4)80-61(99)48(32-39(2)3)87-58(96)45(21-13-28-76-68(71)72)84-65(103)53-24-16-31-91(53)66(104)47(22-14-29-77-69(73)74)85-60(98)46-25-26-54(92)81-46/h8-10,17-18,35,38-40,43-53H,6-7,11-16,19-34,36-37,70H2,1-5H3,(H,75,79)(H,78,95)(H,80,99)(H,81,92)(H,82,100)(H,83,102)(H,84,103)(H,85,98)(H,86,94)(H,87,96)(H,88,101)(H,89,97)(H,105,106)(H4,71,72,76)(H4,73,74,77)/t40-,43-,44-,45-,46-,47-,48-,49-,50-,51-,52-,53-/m0/s1. The Morgan fingerprint density at radius 2 is 1.12 bits per heavy atom. The molecule has 3 fully saturated rings. The molecule has 4 heterocycles. The van der Waals surface area contributed by atoms with Gasteiger partial charge in [-0.2, -0.15) is 11.8 Å². The zero-order chi connectivity index (χ0) is 78.7. The lowest BCUT2D eigenvalue weighted by Crippen LogP contribution is -2.60. The molecule has 0 bridgehead atoms. The van der Waals surface area contributed by atoms with Gasteiger partial charge in [0.1, 0.15) is 72.5 Å². The van der Waals surface area contributed by atoms with Gasteiger partial charge in [-0.3, -0.25) is 72.3 Å². The van der Waals surface area contributed by atoms with E-state index >= 15 is 0 Å². The molecule has 0 unspecified atom stereocenters. The highest BCUT2D eigenvalue weighted by molar-refractivity contribution is 7.98. The Labute approximate surface area is 626 Å². The molecule has 107 heavy (non-hydrogen) atoms. The largest absolute Gasteiger partial charge is 0.480 e. The maximum absolute atomic E-state index is 14.5. The van der Waals surface area contributed by atoms with Crippen LogP contribution in [0.4, 0.5) is 0 Å². The van der Waals surface area contributed by atoms with Crippen LogP contribution in [0.1, 0.15) is 148 Å². The second kappa shape index (κ2) is 45.4. The average molecular weight is 1520 g/mol. The molecule has 3 aliphatic rings. The maximum atomic E-state index is 14.5. The normalized spacial score (nSPS) is 17.9. The third-order valence-corrected chi connectivity index (χ3v) is 18.9. The van der Waals surface area contributed by atoms with E-state index in [0.29, 0.717) is 49.8 Å². The first kappa shape index (κ1) is 87.5. The highest BCUT2D eigenvalue weighted by atomic mass is 32.2. The van der Waals surface area contributed by atoms with Crippen molar-refractivity contribution >= 4 is 106 Å². The lowest BCUT2D eigenvalue weighted by molar-refractivity contribution is -0.142. The number of imidazole rings is 1. The molecule has 23 N–H and O–H groups in total. The number of aliphatic carboxylic acids is 1. The summed E-state index contributed by atoms with van der Waals surface area (Å²) in [6.07, 6.45) is 8.36. The van der Waals surface area contributed by atoms with Crippen LogP contribution in [0.15, 0.2) is 52.8 Å². The lowest BCUT2D eigenvalue weighted by Gasteiger charge is -2.31. The molecule has 0 saturated carbocycles. The van der Waals surface area contributed by atoms with Crippen molar-refractivity contribution in [2.45, 2.75) is 222 Å². The van der Waals surface area contributed by atoms with E-state index in [2.05, 4.69) is 78.4 Å². The van der Waals surface area contributed by atoms with Gasteiger partial charge in [0.2, 0.25) is 76.8 Å². The number of unbranched alkanes of at least 4 members (excludes halogenated alkanes) is 2. The van der Waals surface area contributed by atoms with Crippen LogP contribution < -0.4 is 87.2 Å². The SMILES string of the molecule is CCCC[C@H](NC(=O)[C@@H]1CCCN1C(=O)CNC(=O)[C@H](CCCCN)NC(=O)[C@H](Cc1cnc[nH]1)NC(=O)[C@H](C)NC(=O)[C@H](CC(C)C)NC(=O)[C@H](CCCN=C(N)N)NC(=O)[C@@H]1CCCN1C(=O)[C@H](CCCN=C(N)N)NC(=O)[C@@H]1CCC(=O)N1)C(=O)N[C@@H](CSC)C(=O)N[C@@H](Cc1ccccc1)C(=O)O. The average Bonchev–Trinajstić information content (AvgIpc) is 1.59. The minimum absolute atomic E-state index is 0.00954. The number of nitrogens with one attached hydrogen (secondary N) is 12. The van der Waals surface area contributed by atoms with E-state index in [4.69, 9.17) is 28.7 Å². The minimum Gasteiger partial charge on any atom is -0.480 e. The van der Waals surface area contributed by atoms with Gasteiger partial charge in [0.25, 0.3) is 0 Å². The van der Waals surface area contributed by atoms with Crippen LogP contribution in [-0.4, -0.2) is 243 Å². The Morgan fingerprint density at radius 1 is 0.598 bits per heavy atom. The van der Waals surface area contributed by atoms with E-state index in [1.54, 1.807) is 50.4 Å². The summed E-state index contributed by atoms with van der Waals surface area (Å²) in [4.78, 5) is 211. The minimum atomic E-state index is -1.43. The lowest BCUT2D eigenvalue weighted by atomic mass is 10.0. The molecule has 13 amide bonds. The van der Waals surface area contributed by atoms with Gasteiger partial charge in [0.05, 0.1) is 12.9 Å². The van der Waals surface area contributed by atoms with E-state index < -0.39 is 156 Å². The monoisotopic (exact) mass is 1520 g/mol. The molecule has 5 rings (SSSR count). The van der Waals surface area contributed by atoms with Gasteiger partial charge in [-0.25, -0.2) is 9.78 Å².